The molecule has 0 saturated carbocycles. The molecule has 0 aromatic rings. The van der Waals surface area contributed by atoms with Crippen molar-refractivity contribution >= 4 is 34.9 Å². The lowest BCUT2D eigenvalue weighted by Crippen LogP contribution is -2.48. The monoisotopic (exact) mass is 210 g/mol. The second-order valence-corrected chi connectivity index (χ2v) is 3.15. The quantitative estimate of drug-likeness (QED) is 0.335. The van der Waals surface area contributed by atoms with E-state index in [0.29, 0.717) is 26.2 Å². The van der Waals surface area contributed by atoms with Gasteiger partial charge in [0.25, 0.3) is 10.5 Å². The fourth-order valence-corrected chi connectivity index (χ4v) is 1.42. The lowest BCUT2D eigenvalue weighted by atomic mass is 10.3. The van der Waals surface area contributed by atoms with Crippen molar-refractivity contribution in [2.45, 2.75) is 0 Å². The summed E-state index contributed by atoms with van der Waals surface area (Å²) in [6.45, 7) is 1.61. The predicted molar refractivity (Wildman–Crippen MR) is 50.6 cm³/mol. The number of nitrogens with zero attached hydrogens (tertiary/aromatic N) is 2. The van der Waals surface area contributed by atoms with E-state index in [0.717, 1.165) is 0 Å². The average Bonchev–Trinajstić information content (AvgIpc) is 2.04. The molecule has 0 aromatic heterocycles. The lowest BCUT2D eigenvalue weighted by Gasteiger charge is -2.33. The van der Waals surface area contributed by atoms with Crippen molar-refractivity contribution in [1.29, 1.82) is 0 Å². The van der Waals surface area contributed by atoms with Crippen molar-refractivity contribution in [3.63, 3.8) is 0 Å². The topological polar surface area (TPSA) is 6.48 Å². The van der Waals surface area contributed by atoms with Crippen LogP contribution in [-0.4, -0.2) is 46.5 Å². The van der Waals surface area contributed by atoms with Gasteiger partial charge >= 0.3 is 0 Å². The van der Waals surface area contributed by atoms with E-state index >= 15 is 0 Å². The first-order chi connectivity index (χ1) is 5.61. The molecular formula is C6H8F2N2S2. The molecule has 2 nitrogen and oxygen atoms in total. The second kappa shape index (κ2) is 4.04. The Labute approximate surface area is 80.1 Å². The molecule has 68 valence electrons. The number of hydrogen-bond acceptors (Lipinski definition) is 2. The van der Waals surface area contributed by atoms with Gasteiger partial charge in [-0.1, -0.05) is 0 Å². The van der Waals surface area contributed by atoms with Crippen LogP contribution >= 0.6 is 24.4 Å². The van der Waals surface area contributed by atoms with Gasteiger partial charge in [-0.05, 0) is 24.4 Å². The van der Waals surface area contributed by atoms with E-state index in [1.165, 1.54) is 9.80 Å². The highest BCUT2D eigenvalue weighted by atomic mass is 32.1. The molecule has 12 heavy (non-hydrogen) atoms. The average molecular weight is 210 g/mol. The maximum absolute atomic E-state index is 12.4. The van der Waals surface area contributed by atoms with Crippen molar-refractivity contribution in [3.8, 4) is 0 Å². The smallest absolute Gasteiger partial charge is 0.255 e. The Balaban J connectivity index is 2.39. The number of hydrogen-bond donors (Lipinski definition) is 0. The zero-order valence-electron chi connectivity index (χ0n) is 6.30. The third-order valence-electron chi connectivity index (χ3n) is 1.78. The minimum Gasteiger partial charge on any atom is -0.336 e. The summed E-state index contributed by atoms with van der Waals surface area (Å²) in [6.07, 6.45) is 0. The SMILES string of the molecule is FC(=S)N1CCN(C(F)=S)CC1. The summed E-state index contributed by atoms with van der Waals surface area (Å²) in [5, 5.41) is -1.25. The summed E-state index contributed by atoms with van der Waals surface area (Å²) in [7, 11) is 0. The van der Waals surface area contributed by atoms with E-state index in [9.17, 15) is 8.78 Å². The van der Waals surface area contributed by atoms with Crippen LogP contribution < -0.4 is 0 Å². The van der Waals surface area contributed by atoms with Crippen LogP contribution in [0.15, 0.2) is 0 Å². The molecule has 0 N–H and O–H groups in total. The minimum atomic E-state index is -0.626. The Hall–Kier alpha value is -0.360. The summed E-state index contributed by atoms with van der Waals surface area (Å²) in [5.41, 5.74) is 0. The first-order valence-corrected chi connectivity index (χ1v) is 4.31. The molecule has 1 fully saturated rings. The van der Waals surface area contributed by atoms with Crippen LogP contribution in [0.1, 0.15) is 0 Å². The van der Waals surface area contributed by atoms with Crippen LogP contribution in [0.25, 0.3) is 0 Å². The van der Waals surface area contributed by atoms with Gasteiger partial charge in [-0.3, -0.25) is 0 Å². The Kier molecular flexibility index (Phi) is 3.28. The van der Waals surface area contributed by atoms with Gasteiger partial charge in [0.1, 0.15) is 0 Å². The number of halogens is 2. The van der Waals surface area contributed by atoms with Crippen molar-refractivity contribution in [1.82, 2.24) is 9.80 Å². The van der Waals surface area contributed by atoms with Crippen LogP contribution in [0.2, 0.25) is 0 Å². The highest BCUT2D eigenvalue weighted by molar-refractivity contribution is 7.80. The third kappa shape index (κ3) is 2.31. The molecule has 1 heterocycles. The molecule has 0 radical (unpaired) electrons. The number of rotatable bonds is 0. The molecule has 0 amide bonds. The molecule has 1 aliphatic heterocycles. The zero-order valence-corrected chi connectivity index (χ0v) is 7.93. The molecule has 6 heteroatoms. The summed E-state index contributed by atoms with van der Waals surface area (Å²) in [6, 6.07) is 0. The third-order valence-corrected chi connectivity index (χ3v) is 2.29. The van der Waals surface area contributed by atoms with E-state index in [1.807, 2.05) is 0 Å². The Morgan fingerprint density at radius 1 is 0.833 bits per heavy atom. The lowest BCUT2D eigenvalue weighted by molar-refractivity contribution is 0.239. The molecule has 0 aromatic carbocycles. The van der Waals surface area contributed by atoms with Crippen molar-refractivity contribution < 1.29 is 8.78 Å². The standard InChI is InChI=1S/C6H8F2N2S2/c7-5(11)9-1-2-10(4-3-9)6(8)12/h1-4H2. The predicted octanol–water partition coefficient (Wildman–Crippen LogP) is 1.11. The zero-order chi connectivity index (χ0) is 9.14. The minimum absolute atomic E-state index is 0.402. The van der Waals surface area contributed by atoms with Gasteiger partial charge in [-0.2, -0.15) is 8.78 Å². The largest absolute Gasteiger partial charge is 0.336 e. The second-order valence-electron chi connectivity index (χ2n) is 2.48. The fraction of sp³-hybridized carbons (Fsp3) is 0.667. The van der Waals surface area contributed by atoms with Gasteiger partial charge in [-0.15, -0.1) is 0 Å². The highest BCUT2D eigenvalue weighted by Crippen LogP contribution is 2.05. The highest BCUT2D eigenvalue weighted by Gasteiger charge is 2.19. The van der Waals surface area contributed by atoms with Gasteiger partial charge in [0.05, 0.1) is 0 Å². The van der Waals surface area contributed by atoms with Gasteiger partial charge in [0, 0.05) is 26.2 Å². The number of piperazine rings is 1. The van der Waals surface area contributed by atoms with Crippen LogP contribution in [-0.2, 0) is 0 Å². The van der Waals surface area contributed by atoms with E-state index < -0.39 is 10.5 Å². The normalized spacial score (nSPS) is 17.8. The Morgan fingerprint density at radius 3 is 1.25 bits per heavy atom. The Morgan fingerprint density at radius 2 is 1.08 bits per heavy atom. The molecule has 1 rings (SSSR count). The van der Waals surface area contributed by atoms with Gasteiger partial charge < -0.3 is 9.80 Å². The summed E-state index contributed by atoms with van der Waals surface area (Å²) in [5.74, 6) is 0. The molecule has 0 bridgehead atoms. The summed E-state index contributed by atoms with van der Waals surface area (Å²) >= 11 is 8.67. The fourth-order valence-electron chi connectivity index (χ4n) is 1.06. The first-order valence-electron chi connectivity index (χ1n) is 3.50. The molecule has 0 atom stereocenters. The van der Waals surface area contributed by atoms with Crippen molar-refractivity contribution in [2.24, 2.45) is 0 Å². The van der Waals surface area contributed by atoms with Crippen molar-refractivity contribution in [2.75, 3.05) is 26.2 Å². The number of thiocarbonyl (C=S) groups is 2. The van der Waals surface area contributed by atoms with E-state index in [-0.39, 0.29) is 0 Å². The maximum atomic E-state index is 12.4. The van der Waals surface area contributed by atoms with E-state index in [2.05, 4.69) is 24.4 Å². The van der Waals surface area contributed by atoms with Gasteiger partial charge in [0.15, 0.2) is 0 Å². The van der Waals surface area contributed by atoms with Gasteiger partial charge in [0.2, 0.25) is 0 Å². The van der Waals surface area contributed by atoms with E-state index in [1.54, 1.807) is 0 Å². The molecule has 1 saturated heterocycles. The summed E-state index contributed by atoms with van der Waals surface area (Å²) < 4.78 is 24.9. The van der Waals surface area contributed by atoms with Crippen LogP contribution in [0, 0.1) is 0 Å². The molecule has 0 spiro atoms. The van der Waals surface area contributed by atoms with Crippen LogP contribution in [0.5, 0.6) is 0 Å². The molecule has 0 unspecified atom stereocenters. The van der Waals surface area contributed by atoms with Gasteiger partial charge in [-0.25, -0.2) is 0 Å². The summed E-state index contributed by atoms with van der Waals surface area (Å²) in [4.78, 5) is 2.79. The van der Waals surface area contributed by atoms with E-state index in [4.69, 9.17) is 0 Å². The van der Waals surface area contributed by atoms with Crippen LogP contribution in [0.4, 0.5) is 8.78 Å². The first kappa shape index (κ1) is 9.73. The Bertz CT molecular complexity index is 180. The maximum Gasteiger partial charge on any atom is 0.255 e. The van der Waals surface area contributed by atoms with Crippen LogP contribution in [0.3, 0.4) is 0 Å². The van der Waals surface area contributed by atoms with Crippen molar-refractivity contribution in [3.05, 3.63) is 0 Å². The molecule has 1 aliphatic rings. The molecule has 0 aliphatic carbocycles. The molecular weight excluding hydrogens is 202 g/mol.